The molecular formula is C16H16N2O. The molecule has 0 radical (unpaired) electrons. The molecule has 0 aliphatic rings. The molecule has 0 bridgehead atoms. The molecule has 0 fully saturated rings. The zero-order chi connectivity index (χ0) is 13.2. The van der Waals surface area contributed by atoms with E-state index in [1.54, 1.807) is 6.33 Å². The van der Waals surface area contributed by atoms with Crippen molar-refractivity contribution in [2.45, 2.75) is 19.6 Å². The summed E-state index contributed by atoms with van der Waals surface area (Å²) in [7, 11) is 0. The molecule has 3 heteroatoms. The van der Waals surface area contributed by atoms with Crippen LogP contribution in [0, 0.1) is 6.92 Å². The zero-order valence-electron chi connectivity index (χ0n) is 10.8. The fraction of sp³-hybridized carbons (Fsp3) is 0.188. The first-order valence-electron chi connectivity index (χ1n) is 6.38. The summed E-state index contributed by atoms with van der Waals surface area (Å²) < 4.78 is 1.99. The number of aromatic nitrogens is 2. The first-order valence-corrected chi connectivity index (χ1v) is 6.38. The maximum atomic E-state index is 10.3. The Kier molecular flexibility index (Phi) is 3.05. The summed E-state index contributed by atoms with van der Waals surface area (Å²) in [6.45, 7) is 2.56. The monoisotopic (exact) mass is 252 g/mol. The molecule has 0 saturated carbocycles. The van der Waals surface area contributed by atoms with E-state index >= 15 is 0 Å². The number of nitrogens with zero attached hydrogens (tertiary/aromatic N) is 2. The lowest BCUT2D eigenvalue weighted by Gasteiger charge is -2.12. The Hall–Kier alpha value is -2.13. The summed E-state index contributed by atoms with van der Waals surface area (Å²) in [6, 6.07) is 15.9. The SMILES string of the molecule is Cc1ccc([C@@H](O)Cn2cnc3ccccc32)cc1. The maximum Gasteiger partial charge on any atom is 0.0969 e. The Balaban J connectivity index is 1.86. The lowest BCUT2D eigenvalue weighted by atomic mass is 10.1. The fourth-order valence-electron chi connectivity index (χ4n) is 2.24. The van der Waals surface area contributed by atoms with Crippen LogP contribution in [0.1, 0.15) is 17.2 Å². The van der Waals surface area contributed by atoms with Crippen molar-refractivity contribution in [1.82, 2.24) is 9.55 Å². The Morgan fingerprint density at radius 2 is 1.84 bits per heavy atom. The van der Waals surface area contributed by atoms with Crippen LogP contribution in [0.5, 0.6) is 0 Å². The molecule has 3 aromatic rings. The van der Waals surface area contributed by atoms with E-state index in [0.29, 0.717) is 6.54 Å². The number of para-hydroxylation sites is 2. The van der Waals surface area contributed by atoms with Crippen LogP contribution in [0.15, 0.2) is 54.9 Å². The molecule has 2 aromatic carbocycles. The third-order valence-corrected chi connectivity index (χ3v) is 3.36. The highest BCUT2D eigenvalue weighted by Gasteiger charge is 2.10. The maximum absolute atomic E-state index is 10.3. The van der Waals surface area contributed by atoms with Gasteiger partial charge in [0.2, 0.25) is 0 Å². The molecule has 0 amide bonds. The van der Waals surface area contributed by atoms with Crippen molar-refractivity contribution in [3.05, 3.63) is 66.0 Å². The number of rotatable bonds is 3. The molecule has 3 nitrogen and oxygen atoms in total. The van der Waals surface area contributed by atoms with Crippen LogP contribution in [0.3, 0.4) is 0 Å². The lowest BCUT2D eigenvalue weighted by Crippen LogP contribution is -2.07. The molecule has 19 heavy (non-hydrogen) atoms. The lowest BCUT2D eigenvalue weighted by molar-refractivity contribution is 0.158. The summed E-state index contributed by atoms with van der Waals surface area (Å²) in [4.78, 5) is 4.33. The van der Waals surface area contributed by atoms with Crippen molar-refractivity contribution in [2.24, 2.45) is 0 Å². The normalized spacial score (nSPS) is 12.7. The molecule has 1 atom stereocenters. The number of hydrogen-bond donors (Lipinski definition) is 1. The minimum Gasteiger partial charge on any atom is -0.387 e. The quantitative estimate of drug-likeness (QED) is 0.778. The van der Waals surface area contributed by atoms with Crippen molar-refractivity contribution < 1.29 is 5.11 Å². The average molecular weight is 252 g/mol. The van der Waals surface area contributed by atoms with Gasteiger partial charge in [0.15, 0.2) is 0 Å². The molecule has 0 spiro atoms. The number of aliphatic hydroxyl groups excluding tert-OH is 1. The van der Waals surface area contributed by atoms with Gasteiger partial charge in [-0.2, -0.15) is 0 Å². The Labute approximate surface area is 112 Å². The molecule has 1 aromatic heterocycles. The summed E-state index contributed by atoms with van der Waals surface area (Å²) in [5.74, 6) is 0. The zero-order valence-corrected chi connectivity index (χ0v) is 10.8. The van der Waals surface area contributed by atoms with E-state index in [9.17, 15) is 5.11 Å². The first kappa shape index (κ1) is 11.9. The predicted octanol–water partition coefficient (Wildman–Crippen LogP) is 3.08. The van der Waals surface area contributed by atoms with E-state index in [-0.39, 0.29) is 0 Å². The number of aryl methyl sites for hydroxylation is 1. The highest BCUT2D eigenvalue weighted by Crippen LogP contribution is 2.19. The number of aliphatic hydroxyl groups is 1. The number of imidazole rings is 1. The van der Waals surface area contributed by atoms with Gasteiger partial charge in [-0.25, -0.2) is 4.98 Å². The van der Waals surface area contributed by atoms with Gasteiger partial charge in [0, 0.05) is 0 Å². The third kappa shape index (κ3) is 2.37. The van der Waals surface area contributed by atoms with Gasteiger partial charge in [-0.1, -0.05) is 42.0 Å². The summed E-state index contributed by atoms with van der Waals surface area (Å²) in [6.07, 6.45) is 1.26. The second-order valence-corrected chi connectivity index (χ2v) is 4.81. The van der Waals surface area contributed by atoms with E-state index in [0.717, 1.165) is 16.6 Å². The highest BCUT2D eigenvalue weighted by molar-refractivity contribution is 5.74. The summed E-state index contributed by atoms with van der Waals surface area (Å²) in [5, 5.41) is 10.3. The molecule has 0 unspecified atom stereocenters. The van der Waals surface area contributed by atoms with Crippen LogP contribution in [0.4, 0.5) is 0 Å². The molecule has 0 aliphatic carbocycles. The Morgan fingerprint density at radius 1 is 1.11 bits per heavy atom. The number of fused-ring (bicyclic) bond motifs is 1. The van der Waals surface area contributed by atoms with Gasteiger partial charge >= 0.3 is 0 Å². The van der Waals surface area contributed by atoms with Crippen molar-refractivity contribution in [1.29, 1.82) is 0 Å². The van der Waals surface area contributed by atoms with Gasteiger partial charge in [0.05, 0.1) is 30.0 Å². The summed E-state index contributed by atoms with van der Waals surface area (Å²) in [5.41, 5.74) is 4.14. The molecular weight excluding hydrogens is 236 g/mol. The standard InChI is InChI=1S/C16H16N2O/c1-12-6-8-13(9-7-12)16(19)10-18-11-17-14-4-2-3-5-15(14)18/h2-9,11,16,19H,10H2,1H3/t16-/m0/s1. The van der Waals surface area contributed by atoms with Crippen molar-refractivity contribution in [3.8, 4) is 0 Å². The van der Waals surface area contributed by atoms with Gasteiger partial charge < -0.3 is 9.67 Å². The van der Waals surface area contributed by atoms with Crippen LogP contribution in [-0.2, 0) is 6.54 Å². The molecule has 0 saturated heterocycles. The molecule has 1 N–H and O–H groups in total. The fourth-order valence-corrected chi connectivity index (χ4v) is 2.24. The molecule has 1 heterocycles. The van der Waals surface area contributed by atoms with E-state index in [2.05, 4.69) is 4.98 Å². The Morgan fingerprint density at radius 3 is 2.63 bits per heavy atom. The number of benzene rings is 2. The molecule has 0 aliphatic heterocycles. The number of hydrogen-bond acceptors (Lipinski definition) is 2. The van der Waals surface area contributed by atoms with Gasteiger partial charge in [-0.05, 0) is 24.6 Å². The molecule has 96 valence electrons. The third-order valence-electron chi connectivity index (χ3n) is 3.36. The minimum atomic E-state index is -0.516. The van der Waals surface area contributed by atoms with Crippen LogP contribution in [-0.4, -0.2) is 14.7 Å². The van der Waals surface area contributed by atoms with E-state index < -0.39 is 6.10 Å². The first-order chi connectivity index (χ1) is 9.24. The predicted molar refractivity (Wildman–Crippen MR) is 75.9 cm³/mol. The second-order valence-electron chi connectivity index (χ2n) is 4.81. The summed E-state index contributed by atoms with van der Waals surface area (Å²) >= 11 is 0. The van der Waals surface area contributed by atoms with E-state index in [1.165, 1.54) is 5.56 Å². The van der Waals surface area contributed by atoms with Gasteiger partial charge in [-0.15, -0.1) is 0 Å². The van der Waals surface area contributed by atoms with Gasteiger partial charge in [0.1, 0.15) is 0 Å². The van der Waals surface area contributed by atoms with Gasteiger partial charge in [0.25, 0.3) is 0 Å². The van der Waals surface area contributed by atoms with Crippen molar-refractivity contribution >= 4 is 11.0 Å². The van der Waals surface area contributed by atoms with Crippen LogP contribution >= 0.6 is 0 Å². The van der Waals surface area contributed by atoms with Crippen LogP contribution < -0.4 is 0 Å². The van der Waals surface area contributed by atoms with Crippen LogP contribution in [0.25, 0.3) is 11.0 Å². The van der Waals surface area contributed by atoms with Crippen molar-refractivity contribution in [3.63, 3.8) is 0 Å². The van der Waals surface area contributed by atoms with Crippen LogP contribution in [0.2, 0.25) is 0 Å². The average Bonchev–Trinajstić information content (AvgIpc) is 2.83. The van der Waals surface area contributed by atoms with Crippen molar-refractivity contribution in [2.75, 3.05) is 0 Å². The largest absolute Gasteiger partial charge is 0.387 e. The smallest absolute Gasteiger partial charge is 0.0969 e. The Bertz CT molecular complexity index is 685. The van der Waals surface area contributed by atoms with E-state index in [4.69, 9.17) is 0 Å². The van der Waals surface area contributed by atoms with E-state index in [1.807, 2.05) is 60.0 Å². The second kappa shape index (κ2) is 4.86. The topological polar surface area (TPSA) is 38.0 Å². The highest BCUT2D eigenvalue weighted by atomic mass is 16.3. The molecule has 3 rings (SSSR count). The minimum absolute atomic E-state index is 0.516. The van der Waals surface area contributed by atoms with Gasteiger partial charge in [-0.3, -0.25) is 0 Å².